The second-order valence-corrected chi connectivity index (χ2v) is 9.20. The molecule has 0 N–H and O–H groups in total. The lowest BCUT2D eigenvalue weighted by atomic mass is 9.87. The number of fused-ring (bicyclic) bond motifs is 1. The van der Waals surface area contributed by atoms with Crippen molar-refractivity contribution in [3.63, 3.8) is 0 Å². The molecule has 0 saturated heterocycles. The molecule has 5 heteroatoms. The van der Waals surface area contributed by atoms with Gasteiger partial charge in [0.2, 0.25) is 5.78 Å². The molecule has 0 aliphatic carbocycles. The zero-order valence-electron chi connectivity index (χ0n) is 18.4. The third-order valence-electron chi connectivity index (χ3n) is 5.33. The highest BCUT2D eigenvalue weighted by Gasteiger charge is 2.30. The Kier molecular flexibility index (Phi) is 5.66. The molecule has 0 radical (unpaired) electrons. The van der Waals surface area contributed by atoms with Gasteiger partial charge >= 0.3 is 5.97 Å². The molecule has 3 aromatic carbocycles. The highest BCUT2D eigenvalue weighted by Crippen LogP contribution is 2.38. The summed E-state index contributed by atoms with van der Waals surface area (Å²) in [4.78, 5) is 25.5. The predicted molar refractivity (Wildman–Crippen MR) is 126 cm³/mol. The van der Waals surface area contributed by atoms with Gasteiger partial charge in [0.1, 0.15) is 11.5 Å². The van der Waals surface area contributed by atoms with Crippen molar-refractivity contribution < 1.29 is 19.1 Å². The van der Waals surface area contributed by atoms with Crippen LogP contribution in [0.1, 0.15) is 58.2 Å². The Bertz CT molecular complexity index is 1250. The smallest absolute Gasteiger partial charge is 0.343 e. The molecule has 32 heavy (non-hydrogen) atoms. The summed E-state index contributed by atoms with van der Waals surface area (Å²) >= 11 is 6.20. The van der Waals surface area contributed by atoms with Crippen molar-refractivity contribution in [3.05, 3.63) is 99.3 Å². The number of ether oxygens (including phenoxy) is 2. The largest absolute Gasteiger partial charge is 0.452 e. The second kappa shape index (κ2) is 8.29. The van der Waals surface area contributed by atoms with E-state index in [-0.39, 0.29) is 17.0 Å². The van der Waals surface area contributed by atoms with Gasteiger partial charge in [-0.25, -0.2) is 4.79 Å². The maximum atomic E-state index is 12.9. The molecule has 1 heterocycles. The van der Waals surface area contributed by atoms with Crippen molar-refractivity contribution in [2.45, 2.75) is 33.1 Å². The Morgan fingerprint density at radius 2 is 1.72 bits per heavy atom. The number of hydrogen-bond acceptors (Lipinski definition) is 4. The molecule has 1 aliphatic heterocycles. The number of allylic oxidation sites excluding steroid dienone is 1. The fourth-order valence-corrected chi connectivity index (χ4v) is 3.73. The van der Waals surface area contributed by atoms with Gasteiger partial charge < -0.3 is 9.47 Å². The molecule has 162 valence electrons. The quantitative estimate of drug-likeness (QED) is 0.253. The minimum absolute atomic E-state index is 0.00138. The Labute approximate surface area is 192 Å². The van der Waals surface area contributed by atoms with Gasteiger partial charge in [0.05, 0.1) is 11.1 Å². The van der Waals surface area contributed by atoms with Crippen molar-refractivity contribution >= 4 is 29.4 Å². The van der Waals surface area contributed by atoms with E-state index in [9.17, 15) is 9.59 Å². The lowest BCUT2D eigenvalue weighted by Crippen LogP contribution is -2.13. The van der Waals surface area contributed by atoms with E-state index >= 15 is 0 Å². The fraction of sp³-hybridized carbons (Fsp3) is 0.185. The molecule has 3 aromatic rings. The lowest BCUT2D eigenvalue weighted by Gasteiger charge is -2.18. The summed E-state index contributed by atoms with van der Waals surface area (Å²) in [5, 5.41) is 0.524. The number of ketones is 1. The number of carbonyl (C=O) groups is 2. The van der Waals surface area contributed by atoms with Crippen molar-refractivity contribution in [2.75, 3.05) is 0 Å². The van der Waals surface area contributed by atoms with Crippen molar-refractivity contribution in [1.29, 1.82) is 0 Å². The van der Waals surface area contributed by atoms with Gasteiger partial charge in [0, 0.05) is 11.1 Å². The summed E-state index contributed by atoms with van der Waals surface area (Å²) in [6.07, 6.45) is 1.62. The number of rotatable bonds is 3. The lowest BCUT2D eigenvalue weighted by molar-refractivity contribution is 0.0734. The first-order valence-corrected chi connectivity index (χ1v) is 10.7. The van der Waals surface area contributed by atoms with Gasteiger partial charge in [-0.1, -0.05) is 62.7 Å². The van der Waals surface area contributed by atoms with Gasteiger partial charge in [-0.05, 0) is 59.4 Å². The second-order valence-electron chi connectivity index (χ2n) is 8.79. The van der Waals surface area contributed by atoms with Crippen molar-refractivity contribution in [1.82, 2.24) is 0 Å². The number of halogens is 1. The fourth-order valence-electron chi connectivity index (χ4n) is 3.54. The van der Waals surface area contributed by atoms with Crippen LogP contribution in [-0.4, -0.2) is 11.8 Å². The topological polar surface area (TPSA) is 52.6 Å². The van der Waals surface area contributed by atoms with Gasteiger partial charge in [0.15, 0.2) is 5.76 Å². The minimum Gasteiger partial charge on any atom is -0.452 e. The summed E-state index contributed by atoms with van der Waals surface area (Å²) < 4.78 is 11.4. The van der Waals surface area contributed by atoms with E-state index in [0.29, 0.717) is 38.8 Å². The number of Topliss-reactive ketones (excluding diaryl/α,β-unsaturated/α-hetero) is 1. The predicted octanol–water partition coefficient (Wildman–Crippen LogP) is 6.78. The van der Waals surface area contributed by atoms with E-state index in [4.69, 9.17) is 21.1 Å². The average molecular weight is 447 g/mol. The van der Waals surface area contributed by atoms with Crippen LogP contribution in [0.25, 0.3) is 6.08 Å². The van der Waals surface area contributed by atoms with Crippen molar-refractivity contribution in [3.8, 4) is 11.5 Å². The van der Waals surface area contributed by atoms with E-state index in [1.807, 2.05) is 24.3 Å². The van der Waals surface area contributed by atoms with Crippen LogP contribution in [0.2, 0.25) is 5.02 Å². The zero-order valence-corrected chi connectivity index (χ0v) is 19.1. The summed E-state index contributed by atoms with van der Waals surface area (Å²) in [7, 11) is 0. The zero-order chi connectivity index (χ0) is 23.0. The average Bonchev–Trinajstić information content (AvgIpc) is 3.04. The molecule has 0 spiro atoms. The van der Waals surface area contributed by atoms with Crippen LogP contribution in [0.5, 0.6) is 11.5 Å². The SMILES string of the molecule is Cc1cc(OC(=O)c2ccc(C(C)(C)C)cc2)cc2c1C(=O)/C(=C/c1ccccc1Cl)O2. The van der Waals surface area contributed by atoms with Crippen LogP contribution in [0.4, 0.5) is 0 Å². The van der Waals surface area contributed by atoms with Crippen LogP contribution in [0.15, 0.2) is 66.4 Å². The summed E-state index contributed by atoms with van der Waals surface area (Å²) in [5.74, 6) is 0.156. The third-order valence-corrected chi connectivity index (χ3v) is 5.68. The van der Waals surface area contributed by atoms with Crippen LogP contribution in [0, 0.1) is 6.92 Å². The van der Waals surface area contributed by atoms with E-state index in [2.05, 4.69) is 20.8 Å². The monoisotopic (exact) mass is 446 g/mol. The van der Waals surface area contributed by atoms with Crippen LogP contribution < -0.4 is 9.47 Å². The molecule has 1 aliphatic rings. The maximum Gasteiger partial charge on any atom is 0.343 e. The molecule has 0 unspecified atom stereocenters. The molecule has 4 nitrogen and oxygen atoms in total. The summed E-state index contributed by atoms with van der Waals surface area (Å²) in [6.45, 7) is 8.13. The molecular weight excluding hydrogens is 424 g/mol. The Hall–Kier alpha value is -3.37. The van der Waals surface area contributed by atoms with Gasteiger partial charge in [-0.3, -0.25) is 4.79 Å². The highest BCUT2D eigenvalue weighted by molar-refractivity contribution is 6.32. The Morgan fingerprint density at radius 1 is 1.03 bits per heavy atom. The Balaban J connectivity index is 1.57. The highest BCUT2D eigenvalue weighted by atomic mass is 35.5. The van der Waals surface area contributed by atoms with Gasteiger partial charge in [0.25, 0.3) is 0 Å². The molecule has 0 bridgehead atoms. The van der Waals surface area contributed by atoms with E-state index in [1.54, 1.807) is 49.4 Å². The molecule has 0 atom stereocenters. The number of esters is 1. The van der Waals surface area contributed by atoms with E-state index < -0.39 is 5.97 Å². The number of aryl methyl sites for hydroxylation is 1. The first-order chi connectivity index (χ1) is 15.1. The van der Waals surface area contributed by atoms with Crippen LogP contribution >= 0.6 is 11.6 Å². The standard InChI is InChI=1S/C27H23ClO4/c1-16-13-20(31-26(30)17-9-11-19(12-10-17)27(2,3)4)15-22-24(16)25(29)23(32-22)14-18-7-5-6-8-21(18)28/h5-15H,1-4H3/b23-14-. The first-order valence-electron chi connectivity index (χ1n) is 10.3. The molecule has 4 rings (SSSR count). The number of hydrogen-bond donors (Lipinski definition) is 0. The van der Waals surface area contributed by atoms with Crippen LogP contribution in [0.3, 0.4) is 0 Å². The molecular formula is C27H23ClO4. The molecule has 0 saturated carbocycles. The summed E-state index contributed by atoms with van der Waals surface area (Å²) in [5.41, 5.74) is 3.39. The van der Waals surface area contributed by atoms with Gasteiger partial charge in [-0.2, -0.15) is 0 Å². The van der Waals surface area contributed by atoms with E-state index in [1.165, 1.54) is 0 Å². The number of benzene rings is 3. The Morgan fingerprint density at radius 3 is 2.38 bits per heavy atom. The van der Waals surface area contributed by atoms with Gasteiger partial charge in [-0.15, -0.1) is 0 Å². The van der Waals surface area contributed by atoms with Crippen molar-refractivity contribution in [2.24, 2.45) is 0 Å². The first kappa shape index (κ1) is 21.8. The van der Waals surface area contributed by atoms with Crippen LogP contribution in [-0.2, 0) is 5.41 Å². The summed E-state index contributed by atoms with van der Waals surface area (Å²) in [6, 6.07) is 17.8. The molecule has 0 fully saturated rings. The molecule has 0 amide bonds. The minimum atomic E-state index is -0.471. The third kappa shape index (κ3) is 4.32. The maximum absolute atomic E-state index is 12.9. The van der Waals surface area contributed by atoms with E-state index in [0.717, 1.165) is 5.56 Å². The number of carbonyl (C=O) groups excluding carboxylic acids is 2. The molecule has 0 aromatic heterocycles. The normalized spacial score (nSPS) is 14.3.